The van der Waals surface area contributed by atoms with Crippen molar-refractivity contribution in [1.82, 2.24) is 10.2 Å². The quantitative estimate of drug-likeness (QED) is 0.287. The van der Waals surface area contributed by atoms with Crippen molar-refractivity contribution < 1.29 is 22.7 Å². The lowest BCUT2D eigenvalue weighted by Crippen LogP contribution is -2.55. The van der Waals surface area contributed by atoms with Gasteiger partial charge in [-0.05, 0) is 69.2 Å². The number of ether oxygens (including phenoxy) is 1. The average Bonchev–Trinajstić information content (AvgIpc) is 2.92. The Morgan fingerprint density at radius 2 is 1.63 bits per heavy atom. The number of anilines is 1. The summed E-state index contributed by atoms with van der Waals surface area (Å²) in [6.45, 7) is 6.77. The van der Waals surface area contributed by atoms with Crippen LogP contribution < -0.4 is 14.4 Å². The van der Waals surface area contributed by atoms with Crippen LogP contribution in [-0.2, 0) is 26.2 Å². The van der Waals surface area contributed by atoms with Gasteiger partial charge in [0.05, 0.1) is 27.7 Å². The van der Waals surface area contributed by atoms with Crippen LogP contribution in [0.2, 0.25) is 10.0 Å². The molecule has 2 amide bonds. The molecule has 0 bridgehead atoms. The molecule has 11 heteroatoms. The second-order valence-electron chi connectivity index (χ2n) is 10.5. The number of hydrogen-bond donors (Lipinski definition) is 1. The Labute approximate surface area is 252 Å². The molecule has 0 aliphatic heterocycles. The highest BCUT2D eigenvalue weighted by molar-refractivity contribution is 7.92. The fourth-order valence-corrected chi connectivity index (χ4v) is 5.97. The third-order valence-corrected chi connectivity index (χ3v) is 8.70. The van der Waals surface area contributed by atoms with Gasteiger partial charge in [-0.25, -0.2) is 8.42 Å². The van der Waals surface area contributed by atoms with Crippen molar-refractivity contribution in [2.24, 2.45) is 0 Å². The number of rotatable bonds is 11. The monoisotopic (exact) mass is 619 g/mol. The third-order valence-electron chi connectivity index (χ3n) is 6.17. The number of nitrogens with one attached hydrogen (secondary N) is 1. The second-order valence-corrected chi connectivity index (χ2v) is 13.1. The molecular weight excluding hydrogens is 585 g/mol. The molecule has 0 fully saturated rings. The number of carbonyl (C=O) groups excluding carboxylic acids is 2. The Bertz CT molecular complexity index is 1480. The van der Waals surface area contributed by atoms with Crippen molar-refractivity contribution in [3.05, 3.63) is 88.4 Å². The maximum Gasteiger partial charge on any atom is 0.264 e. The Morgan fingerprint density at radius 3 is 2.22 bits per heavy atom. The molecule has 41 heavy (non-hydrogen) atoms. The van der Waals surface area contributed by atoms with Gasteiger partial charge in [-0.15, -0.1) is 0 Å². The molecule has 220 valence electrons. The number of nitrogens with zero attached hydrogens (tertiary/aromatic N) is 2. The van der Waals surface area contributed by atoms with Gasteiger partial charge in [0.1, 0.15) is 18.3 Å². The van der Waals surface area contributed by atoms with E-state index < -0.39 is 34.1 Å². The van der Waals surface area contributed by atoms with E-state index in [4.69, 9.17) is 27.9 Å². The molecule has 0 heterocycles. The number of amides is 2. The topological polar surface area (TPSA) is 96.0 Å². The molecule has 1 unspecified atom stereocenters. The van der Waals surface area contributed by atoms with Gasteiger partial charge < -0.3 is 15.0 Å². The maximum atomic E-state index is 14.1. The van der Waals surface area contributed by atoms with Gasteiger partial charge in [0.2, 0.25) is 11.8 Å². The summed E-state index contributed by atoms with van der Waals surface area (Å²) in [6, 6.07) is 18.4. The van der Waals surface area contributed by atoms with Crippen LogP contribution in [0.1, 0.15) is 39.7 Å². The predicted molar refractivity (Wildman–Crippen MR) is 163 cm³/mol. The molecule has 0 saturated heterocycles. The molecule has 0 saturated carbocycles. The molecule has 0 aliphatic rings. The lowest BCUT2D eigenvalue weighted by atomic mass is 10.1. The van der Waals surface area contributed by atoms with Crippen LogP contribution in [0.3, 0.4) is 0 Å². The van der Waals surface area contributed by atoms with Crippen LogP contribution in [0.25, 0.3) is 0 Å². The van der Waals surface area contributed by atoms with Crippen molar-refractivity contribution in [1.29, 1.82) is 0 Å². The standard InChI is InChI=1S/C30H35Cl2N3O5S/c1-6-27(29(37)33-30(2,3)4)34(19-21-15-16-25(31)26(32)17-21)28(36)20-35(22-11-10-12-23(18-22)40-5)41(38,39)24-13-8-7-9-14-24/h7-18,27H,6,19-20H2,1-5H3,(H,33,37). The van der Waals surface area contributed by atoms with E-state index in [1.165, 1.54) is 24.1 Å². The Hall–Kier alpha value is -3.27. The molecule has 8 nitrogen and oxygen atoms in total. The summed E-state index contributed by atoms with van der Waals surface area (Å²) >= 11 is 12.3. The summed E-state index contributed by atoms with van der Waals surface area (Å²) in [5, 5.41) is 3.59. The van der Waals surface area contributed by atoms with Crippen molar-refractivity contribution in [2.75, 3.05) is 18.0 Å². The van der Waals surface area contributed by atoms with Gasteiger partial charge in [-0.3, -0.25) is 13.9 Å². The summed E-state index contributed by atoms with van der Waals surface area (Å²) in [5.74, 6) is -0.506. The zero-order chi connectivity index (χ0) is 30.4. The minimum atomic E-state index is -4.18. The summed E-state index contributed by atoms with van der Waals surface area (Å²) in [4.78, 5) is 28.9. The lowest BCUT2D eigenvalue weighted by molar-refractivity contribution is -0.141. The van der Waals surface area contributed by atoms with Crippen LogP contribution >= 0.6 is 23.2 Å². The van der Waals surface area contributed by atoms with E-state index in [9.17, 15) is 18.0 Å². The largest absolute Gasteiger partial charge is 0.497 e. The first-order chi connectivity index (χ1) is 19.3. The molecular formula is C30H35Cl2N3O5S. The van der Waals surface area contributed by atoms with Crippen LogP contribution in [0.5, 0.6) is 5.75 Å². The number of benzene rings is 3. The number of methoxy groups -OCH3 is 1. The van der Waals surface area contributed by atoms with Crippen molar-refractivity contribution in [3.8, 4) is 5.75 Å². The lowest BCUT2D eigenvalue weighted by Gasteiger charge is -2.35. The van der Waals surface area contributed by atoms with Crippen LogP contribution in [-0.4, -0.2) is 50.4 Å². The molecule has 1 N–H and O–H groups in total. The van der Waals surface area contributed by atoms with Gasteiger partial charge >= 0.3 is 0 Å². The summed E-state index contributed by atoms with van der Waals surface area (Å²) < 4.78 is 34.1. The molecule has 0 aromatic heterocycles. The molecule has 3 rings (SSSR count). The summed E-state index contributed by atoms with van der Waals surface area (Å²) in [7, 11) is -2.71. The summed E-state index contributed by atoms with van der Waals surface area (Å²) in [5.41, 5.74) is 0.323. The first-order valence-electron chi connectivity index (χ1n) is 13.0. The molecule has 3 aromatic carbocycles. The Balaban J connectivity index is 2.09. The normalized spacial score (nSPS) is 12.4. The van der Waals surface area contributed by atoms with Gasteiger partial charge in [0.25, 0.3) is 10.0 Å². The SMILES string of the molecule is CCC(C(=O)NC(C)(C)C)N(Cc1ccc(Cl)c(Cl)c1)C(=O)CN(c1cccc(OC)c1)S(=O)(=O)c1ccccc1. The highest BCUT2D eigenvalue weighted by Crippen LogP contribution is 2.28. The maximum absolute atomic E-state index is 14.1. The number of sulfonamides is 1. The zero-order valence-electron chi connectivity index (χ0n) is 23.7. The Kier molecular flexibility index (Phi) is 10.7. The number of hydrogen-bond acceptors (Lipinski definition) is 5. The minimum absolute atomic E-state index is 0.00310. The smallest absolute Gasteiger partial charge is 0.264 e. The van der Waals surface area contributed by atoms with Gasteiger partial charge in [-0.1, -0.05) is 60.5 Å². The van der Waals surface area contributed by atoms with Crippen LogP contribution in [0.15, 0.2) is 77.7 Å². The van der Waals surface area contributed by atoms with Crippen molar-refractivity contribution >= 4 is 50.7 Å². The van der Waals surface area contributed by atoms with Gasteiger partial charge in [0, 0.05) is 18.2 Å². The highest BCUT2D eigenvalue weighted by Gasteiger charge is 2.34. The average molecular weight is 621 g/mol. The van der Waals surface area contributed by atoms with E-state index in [0.717, 1.165) is 4.31 Å². The van der Waals surface area contributed by atoms with E-state index in [-0.39, 0.29) is 23.0 Å². The molecule has 1 atom stereocenters. The molecule has 0 spiro atoms. The van der Waals surface area contributed by atoms with E-state index >= 15 is 0 Å². The van der Waals surface area contributed by atoms with Gasteiger partial charge in [-0.2, -0.15) is 0 Å². The van der Waals surface area contributed by atoms with E-state index in [2.05, 4.69) is 5.32 Å². The number of halogens is 2. The highest BCUT2D eigenvalue weighted by atomic mass is 35.5. The fraction of sp³-hybridized carbons (Fsp3) is 0.333. The molecule has 0 radical (unpaired) electrons. The second kappa shape index (κ2) is 13.6. The zero-order valence-corrected chi connectivity index (χ0v) is 26.1. The number of carbonyl (C=O) groups is 2. The van der Waals surface area contributed by atoms with Crippen molar-refractivity contribution in [2.45, 2.75) is 57.1 Å². The van der Waals surface area contributed by atoms with E-state index in [1.807, 2.05) is 20.8 Å². The predicted octanol–water partition coefficient (Wildman–Crippen LogP) is 5.92. The first-order valence-corrected chi connectivity index (χ1v) is 15.2. The Morgan fingerprint density at radius 1 is 0.951 bits per heavy atom. The third kappa shape index (κ3) is 8.38. The fourth-order valence-electron chi connectivity index (χ4n) is 4.22. The molecule has 0 aliphatic carbocycles. The van der Waals surface area contributed by atoms with Gasteiger partial charge in [0.15, 0.2) is 0 Å². The van der Waals surface area contributed by atoms with E-state index in [0.29, 0.717) is 27.8 Å². The minimum Gasteiger partial charge on any atom is -0.497 e. The van der Waals surface area contributed by atoms with Crippen LogP contribution in [0.4, 0.5) is 5.69 Å². The molecule has 3 aromatic rings. The summed E-state index contributed by atoms with van der Waals surface area (Å²) in [6.07, 6.45) is 0.291. The van der Waals surface area contributed by atoms with Crippen molar-refractivity contribution in [3.63, 3.8) is 0 Å². The van der Waals surface area contributed by atoms with Crippen LogP contribution in [0, 0.1) is 0 Å². The van der Waals surface area contributed by atoms with E-state index in [1.54, 1.807) is 67.6 Å². The first kappa shape index (κ1) is 32.2.